The molecule has 3 rings (SSSR count). The van der Waals surface area contributed by atoms with Crippen LogP contribution in [0.5, 0.6) is 5.75 Å². The van der Waals surface area contributed by atoms with Gasteiger partial charge in [0.05, 0.1) is 23.4 Å². The molecule has 0 aliphatic carbocycles. The summed E-state index contributed by atoms with van der Waals surface area (Å²) in [5.74, 6) is 0.263. The van der Waals surface area contributed by atoms with E-state index in [0.717, 1.165) is 17.7 Å². The smallest absolute Gasteiger partial charge is 0.311 e. The molecular formula is C19H18N4O3S. The van der Waals surface area contributed by atoms with Crippen LogP contribution in [0.2, 0.25) is 0 Å². The number of ether oxygens (including phenoxy) is 1. The van der Waals surface area contributed by atoms with Crippen molar-refractivity contribution in [1.29, 1.82) is 0 Å². The number of benzene rings is 2. The minimum atomic E-state index is -0.456. The molecular weight excluding hydrogens is 364 g/mol. The molecule has 1 aromatic heterocycles. The Bertz CT molecular complexity index is 941. The highest BCUT2D eigenvalue weighted by Crippen LogP contribution is 2.28. The molecule has 0 spiro atoms. The molecule has 0 aliphatic rings. The van der Waals surface area contributed by atoms with Gasteiger partial charge in [-0.05, 0) is 18.6 Å². The van der Waals surface area contributed by atoms with Crippen molar-refractivity contribution in [3.05, 3.63) is 69.6 Å². The topological polar surface area (TPSA) is 89.7 Å². The minimum Gasteiger partial charge on any atom is -0.487 e. The summed E-state index contributed by atoms with van der Waals surface area (Å²) in [6.45, 7) is 2.38. The van der Waals surface area contributed by atoms with Gasteiger partial charge in [0.2, 0.25) is 5.13 Å². The molecule has 0 saturated heterocycles. The van der Waals surface area contributed by atoms with E-state index in [2.05, 4.69) is 15.5 Å². The van der Waals surface area contributed by atoms with E-state index in [1.54, 1.807) is 12.1 Å². The highest BCUT2D eigenvalue weighted by atomic mass is 32.1. The predicted octanol–water partition coefficient (Wildman–Crippen LogP) is 4.95. The van der Waals surface area contributed by atoms with E-state index in [0.29, 0.717) is 17.3 Å². The van der Waals surface area contributed by atoms with Crippen LogP contribution in [0.1, 0.15) is 18.9 Å². The number of hydrogen-bond donors (Lipinski definition) is 1. The summed E-state index contributed by atoms with van der Waals surface area (Å²) in [5.41, 5.74) is 5.27. The fourth-order valence-corrected chi connectivity index (χ4v) is 2.99. The van der Waals surface area contributed by atoms with E-state index in [1.165, 1.54) is 23.6 Å². The molecule has 0 atom stereocenters. The minimum absolute atomic E-state index is 0.0759. The average Bonchev–Trinajstić information content (AvgIpc) is 3.16. The molecule has 0 aliphatic heterocycles. The van der Waals surface area contributed by atoms with Crippen molar-refractivity contribution in [2.75, 3.05) is 12.0 Å². The van der Waals surface area contributed by atoms with Crippen molar-refractivity contribution >= 4 is 28.4 Å². The second kappa shape index (κ2) is 8.91. The summed E-state index contributed by atoms with van der Waals surface area (Å²) < 4.78 is 5.41. The first kappa shape index (κ1) is 18.5. The van der Waals surface area contributed by atoms with Crippen LogP contribution in [0.25, 0.3) is 11.3 Å². The van der Waals surface area contributed by atoms with Crippen LogP contribution in [-0.4, -0.2) is 22.7 Å². The number of nitro benzene ring substituents is 1. The lowest BCUT2D eigenvalue weighted by atomic mass is 10.2. The number of aromatic nitrogens is 1. The van der Waals surface area contributed by atoms with Crippen LogP contribution < -0.4 is 10.2 Å². The first-order valence-corrected chi connectivity index (χ1v) is 9.26. The largest absolute Gasteiger partial charge is 0.487 e. The monoisotopic (exact) mass is 382 g/mol. The van der Waals surface area contributed by atoms with Gasteiger partial charge in [0.1, 0.15) is 0 Å². The lowest BCUT2D eigenvalue weighted by molar-refractivity contribution is -0.385. The molecule has 7 nitrogen and oxygen atoms in total. The van der Waals surface area contributed by atoms with Crippen LogP contribution in [0.3, 0.4) is 0 Å². The molecule has 138 valence electrons. The van der Waals surface area contributed by atoms with Crippen molar-refractivity contribution in [2.45, 2.75) is 13.3 Å². The Morgan fingerprint density at radius 1 is 1.30 bits per heavy atom. The van der Waals surface area contributed by atoms with Crippen LogP contribution >= 0.6 is 11.3 Å². The number of hydrogen-bond acceptors (Lipinski definition) is 7. The van der Waals surface area contributed by atoms with E-state index < -0.39 is 4.92 Å². The summed E-state index contributed by atoms with van der Waals surface area (Å²) in [6, 6.07) is 14.6. The maximum Gasteiger partial charge on any atom is 0.311 e. The first-order valence-electron chi connectivity index (χ1n) is 8.38. The van der Waals surface area contributed by atoms with Gasteiger partial charge in [0.15, 0.2) is 5.75 Å². The third-order valence-electron chi connectivity index (χ3n) is 3.59. The molecule has 0 amide bonds. The first-order chi connectivity index (χ1) is 13.2. The zero-order valence-corrected chi connectivity index (χ0v) is 15.5. The number of thiazole rings is 1. The summed E-state index contributed by atoms with van der Waals surface area (Å²) in [4.78, 5) is 15.2. The van der Waals surface area contributed by atoms with Crippen molar-refractivity contribution in [2.24, 2.45) is 5.10 Å². The summed E-state index contributed by atoms with van der Waals surface area (Å²) >= 11 is 1.43. The number of nitrogens with one attached hydrogen (secondary N) is 1. The van der Waals surface area contributed by atoms with Gasteiger partial charge >= 0.3 is 5.69 Å². The van der Waals surface area contributed by atoms with Gasteiger partial charge in [-0.1, -0.05) is 37.3 Å². The van der Waals surface area contributed by atoms with E-state index in [-0.39, 0.29) is 11.4 Å². The van der Waals surface area contributed by atoms with Crippen LogP contribution in [0, 0.1) is 10.1 Å². The van der Waals surface area contributed by atoms with E-state index in [9.17, 15) is 10.1 Å². The number of hydrazone groups is 1. The van der Waals surface area contributed by atoms with Gasteiger partial charge in [0.25, 0.3) is 0 Å². The lowest BCUT2D eigenvalue weighted by Gasteiger charge is -2.05. The number of nitrogens with zero attached hydrogens (tertiary/aromatic N) is 3. The Labute approximate surface area is 160 Å². The Balaban J connectivity index is 1.68. The molecule has 27 heavy (non-hydrogen) atoms. The van der Waals surface area contributed by atoms with Crippen LogP contribution in [-0.2, 0) is 0 Å². The molecule has 8 heteroatoms. The average molecular weight is 382 g/mol. The molecule has 0 bridgehead atoms. The Kier molecular flexibility index (Phi) is 6.11. The quantitative estimate of drug-likeness (QED) is 0.338. The fraction of sp³-hybridized carbons (Fsp3) is 0.158. The van der Waals surface area contributed by atoms with Gasteiger partial charge in [-0.2, -0.15) is 5.10 Å². The molecule has 0 fully saturated rings. The lowest BCUT2D eigenvalue weighted by Crippen LogP contribution is -2.00. The van der Waals surface area contributed by atoms with E-state index >= 15 is 0 Å². The molecule has 1 heterocycles. The number of nitro groups is 1. The van der Waals surface area contributed by atoms with Gasteiger partial charge < -0.3 is 4.74 Å². The molecule has 1 N–H and O–H groups in total. The third kappa shape index (κ3) is 4.89. The normalized spacial score (nSPS) is 10.9. The summed E-state index contributed by atoms with van der Waals surface area (Å²) in [7, 11) is 0. The van der Waals surface area contributed by atoms with Gasteiger partial charge in [-0.3, -0.25) is 15.5 Å². The fourth-order valence-electron chi connectivity index (χ4n) is 2.32. The highest BCUT2D eigenvalue weighted by Gasteiger charge is 2.15. The van der Waals surface area contributed by atoms with Crippen molar-refractivity contribution in [1.82, 2.24) is 4.98 Å². The molecule has 0 saturated carbocycles. The maximum atomic E-state index is 11.2. The Morgan fingerprint density at radius 3 is 2.85 bits per heavy atom. The molecule has 3 aromatic rings. The van der Waals surface area contributed by atoms with E-state index in [1.807, 2.05) is 42.6 Å². The van der Waals surface area contributed by atoms with Crippen molar-refractivity contribution < 1.29 is 9.66 Å². The predicted molar refractivity (Wildman–Crippen MR) is 108 cm³/mol. The zero-order chi connectivity index (χ0) is 19.1. The second-order valence-corrected chi connectivity index (χ2v) is 6.46. The van der Waals surface area contributed by atoms with Crippen LogP contribution in [0.4, 0.5) is 10.8 Å². The van der Waals surface area contributed by atoms with Crippen LogP contribution in [0.15, 0.2) is 59.0 Å². The molecule has 2 aromatic carbocycles. The van der Waals surface area contributed by atoms with Gasteiger partial charge in [-0.25, -0.2) is 4.98 Å². The summed E-state index contributed by atoms with van der Waals surface area (Å²) in [5, 5.41) is 17.9. The zero-order valence-electron chi connectivity index (χ0n) is 14.7. The standard InChI is InChI=1S/C19H18N4O3S/c1-2-10-26-18-9-8-14(11-17(18)23(24)25)12-20-22-19-21-16(13-27-19)15-6-4-3-5-7-15/h3-9,11-13H,2,10H2,1H3,(H,21,22)/b20-12-. The second-order valence-electron chi connectivity index (χ2n) is 5.61. The Morgan fingerprint density at radius 2 is 2.11 bits per heavy atom. The molecule has 0 radical (unpaired) electrons. The SMILES string of the molecule is CCCOc1ccc(/C=N\Nc2nc(-c3ccccc3)cs2)cc1[N+](=O)[O-]. The van der Waals surface area contributed by atoms with E-state index in [4.69, 9.17) is 4.74 Å². The summed E-state index contributed by atoms with van der Waals surface area (Å²) in [6.07, 6.45) is 2.29. The maximum absolute atomic E-state index is 11.2. The Hall–Kier alpha value is -3.26. The highest BCUT2D eigenvalue weighted by molar-refractivity contribution is 7.14. The van der Waals surface area contributed by atoms with Gasteiger partial charge in [-0.15, -0.1) is 11.3 Å². The van der Waals surface area contributed by atoms with Crippen molar-refractivity contribution in [3.63, 3.8) is 0 Å². The molecule has 0 unspecified atom stereocenters. The van der Waals surface area contributed by atoms with Crippen molar-refractivity contribution in [3.8, 4) is 17.0 Å². The number of rotatable bonds is 8. The third-order valence-corrected chi connectivity index (χ3v) is 4.34. The number of anilines is 1. The van der Waals surface area contributed by atoms with Gasteiger partial charge in [0, 0.05) is 22.6 Å².